The summed E-state index contributed by atoms with van der Waals surface area (Å²) < 4.78 is 6.29. The molecule has 4 N–H and O–H groups in total. The predicted molar refractivity (Wildman–Crippen MR) is 114 cm³/mol. The van der Waals surface area contributed by atoms with Crippen LogP contribution < -0.4 is 16.2 Å². The van der Waals surface area contributed by atoms with Gasteiger partial charge in [-0.1, -0.05) is 60.7 Å². The molecule has 3 aromatic rings. The SMILES string of the molecule is Nc1nc(N)c2c(n1)OC1(CCN(CC(c3ccccc3)c3ccccc3)C1)C2. The first-order valence-electron chi connectivity index (χ1n) is 10.0. The smallest absolute Gasteiger partial charge is 0.225 e. The van der Waals surface area contributed by atoms with Gasteiger partial charge in [0.05, 0.1) is 5.56 Å². The number of aromatic nitrogens is 2. The van der Waals surface area contributed by atoms with Crippen molar-refractivity contribution in [1.29, 1.82) is 0 Å². The third-order valence-corrected chi connectivity index (χ3v) is 6.07. The summed E-state index contributed by atoms with van der Waals surface area (Å²) >= 11 is 0. The molecule has 6 heteroatoms. The fourth-order valence-corrected chi connectivity index (χ4v) is 4.65. The lowest BCUT2D eigenvalue weighted by Gasteiger charge is -2.27. The predicted octanol–water partition coefficient (Wildman–Crippen LogP) is 2.85. The molecule has 0 bridgehead atoms. The molecule has 1 aromatic heterocycles. The van der Waals surface area contributed by atoms with E-state index in [0.29, 0.717) is 17.6 Å². The third kappa shape index (κ3) is 3.40. The van der Waals surface area contributed by atoms with Crippen LogP contribution in [0.5, 0.6) is 5.88 Å². The van der Waals surface area contributed by atoms with E-state index in [1.807, 2.05) is 0 Å². The van der Waals surface area contributed by atoms with E-state index in [1.54, 1.807) is 0 Å². The summed E-state index contributed by atoms with van der Waals surface area (Å²) in [5.41, 5.74) is 15.1. The van der Waals surface area contributed by atoms with Crippen molar-refractivity contribution in [3.8, 4) is 5.88 Å². The average Bonchev–Trinajstić information content (AvgIpc) is 3.30. The van der Waals surface area contributed by atoms with Crippen molar-refractivity contribution in [2.45, 2.75) is 24.4 Å². The van der Waals surface area contributed by atoms with Crippen molar-refractivity contribution in [2.75, 3.05) is 31.1 Å². The highest BCUT2D eigenvalue weighted by Crippen LogP contribution is 2.42. The van der Waals surface area contributed by atoms with Crippen molar-refractivity contribution in [3.05, 3.63) is 77.4 Å². The lowest BCUT2D eigenvalue weighted by molar-refractivity contribution is 0.0971. The summed E-state index contributed by atoms with van der Waals surface area (Å²) in [6.45, 7) is 2.77. The Morgan fingerprint density at radius 2 is 1.62 bits per heavy atom. The molecule has 1 saturated heterocycles. The normalized spacial score (nSPS) is 20.9. The van der Waals surface area contributed by atoms with Gasteiger partial charge in [0.2, 0.25) is 11.8 Å². The zero-order chi connectivity index (χ0) is 19.8. The van der Waals surface area contributed by atoms with Crippen LogP contribution >= 0.6 is 0 Å². The number of likely N-dealkylation sites (tertiary alicyclic amines) is 1. The van der Waals surface area contributed by atoms with Crippen LogP contribution in [-0.2, 0) is 6.42 Å². The van der Waals surface area contributed by atoms with Crippen LogP contribution in [0.25, 0.3) is 0 Å². The molecule has 0 amide bonds. The molecule has 0 aliphatic carbocycles. The maximum absolute atomic E-state index is 6.29. The molecule has 2 aliphatic heterocycles. The van der Waals surface area contributed by atoms with Crippen LogP contribution in [0.15, 0.2) is 60.7 Å². The summed E-state index contributed by atoms with van der Waals surface area (Å²) in [6, 6.07) is 21.4. The minimum Gasteiger partial charge on any atom is -0.469 e. The van der Waals surface area contributed by atoms with Gasteiger partial charge < -0.3 is 16.2 Å². The van der Waals surface area contributed by atoms with E-state index in [9.17, 15) is 0 Å². The molecular weight excluding hydrogens is 362 g/mol. The molecule has 1 unspecified atom stereocenters. The summed E-state index contributed by atoms with van der Waals surface area (Å²) in [6.07, 6.45) is 1.69. The van der Waals surface area contributed by atoms with Crippen LogP contribution in [0, 0.1) is 0 Å². The van der Waals surface area contributed by atoms with Crippen LogP contribution in [0.1, 0.15) is 29.0 Å². The molecule has 5 rings (SSSR count). The van der Waals surface area contributed by atoms with Gasteiger partial charge in [-0.25, -0.2) is 0 Å². The first-order chi connectivity index (χ1) is 14.1. The Labute approximate surface area is 170 Å². The molecule has 2 aromatic carbocycles. The Hall–Kier alpha value is -3.12. The molecule has 29 heavy (non-hydrogen) atoms. The van der Waals surface area contributed by atoms with Gasteiger partial charge in [0.1, 0.15) is 11.4 Å². The number of hydrogen-bond donors (Lipinski definition) is 2. The van der Waals surface area contributed by atoms with Crippen molar-refractivity contribution in [2.24, 2.45) is 0 Å². The maximum atomic E-state index is 6.29. The Kier molecular flexibility index (Phi) is 4.36. The highest BCUT2D eigenvalue weighted by atomic mass is 16.5. The number of ether oxygens (including phenoxy) is 1. The number of anilines is 2. The van der Waals surface area contributed by atoms with Crippen molar-refractivity contribution >= 4 is 11.8 Å². The number of nitrogen functional groups attached to an aromatic ring is 2. The molecular formula is C23H25N5O. The quantitative estimate of drug-likeness (QED) is 0.715. The molecule has 1 atom stereocenters. The van der Waals surface area contributed by atoms with E-state index in [4.69, 9.17) is 16.2 Å². The van der Waals surface area contributed by atoms with E-state index in [-0.39, 0.29) is 11.5 Å². The van der Waals surface area contributed by atoms with Crippen LogP contribution in [0.2, 0.25) is 0 Å². The molecule has 0 saturated carbocycles. The van der Waals surface area contributed by atoms with Crippen LogP contribution in [-0.4, -0.2) is 40.1 Å². The largest absolute Gasteiger partial charge is 0.469 e. The lowest BCUT2D eigenvalue weighted by Crippen LogP contribution is -2.39. The Morgan fingerprint density at radius 3 is 2.28 bits per heavy atom. The zero-order valence-corrected chi connectivity index (χ0v) is 16.3. The average molecular weight is 387 g/mol. The van der Waals surface area contributed by atoms with Gasteiger partial charge in [0, 0.05) is 38.4 Å². The van der Waals surface area contributed by atoms with Crippen molar-refractivity contribution in [3.63, 3.8) is 0 Å². The van der Waals surface area contributed by atoms with Gasteiger partial charge in [-0.05, 0) is 11.1 Å². The summed E-state index contributed by atoms with van der Waals surface area (Å²) in [7, 11) is 0. The number of hydrogen-bond acceptors (Lipinski definition) is 6. The second kappa shape index (κ2) is 7.04. The minimum absolute atomic E-state index is 0.168. The van der Waals surface area contributed by atoms with Crippen molar-refractivity contribution in [1.82, 2.24) is 14.9 Å². The van der Waals surface area contributed by atoms with E-state index < -0.39 is 0 Å². The van der Waals surface area contributed by atoms with E-state index in [2.05, 4.69) is 75.5 Å². The number of benzene rings is 2. The molecule has 6 nitrogen and oxygen atoms in total. The highest BCUT2D eigenvalue weighted by Gasteiger charge is 2.47. The second-order valence-electron chi connectivity index (χ2n) is 8.07. The number of rotatable bonds is 4. The van der Waals surface area contributed by atoms with Gasteiger partial charge in [-0.2, -0.15) is 9.97 Å². The second-order valence-corrected chi connectivity index (χ2v) is 8.07. The molecule has 3 heterocycles. The monoisotopic (exact) mass is 387 g/mol. The fraction of sp³-hybridized carbons (Fsp3) is 0.304. The van der Waals surface area contributed by atoms with Gasteiger partial charge in [0.25, 0.3) is 0 Å². The molecule has 1 spiro atoms. The van der Waals surface area contributed by atoms with Crippen molar-refractivity contribution < 1.29 is 4.74 Å². The van der Waals surface area contributed by atoms with E-state index >= 15 is 0 Å². The summed E-state index contributed by atoms with van der Waals surface area (Å²) in [5, 5.41) is 0. The number of nitrogens with two attached hydrogens (primary N) is 2. The minimum atomic E-state index is -0.281. The Balaban J connectivity index is 1.36. The van der Waals surface area contributed by atoms with Gasteiger partial charge >= 0.3 is 0 Å². The highest BCUT2D eigenvalue weighted by molar-refractivity contribution is 5.52. The molecule has 148 valence electrons. The van der Waals surface area contributed by atoms with Gasteiger partial charge in [-0.15, -0.1) is 0 Å². The maximum Gasteiger partial charge on any atom is 0.225 e. The standard InChI is InChI=1S/C23H25N5O/c24-20-18-13-23(29-21(18)27-22(25)26-20)11-12-28(15-23)14-19(16-7-3-1-4-8-16)17-9-5-2-6-10-17/h1-10,19H,11-15H2,(H4,24,25,26,27). The zero-order valence-electron chi connectivity index (χ0n) is 16.3. The number of fused-ring (bicyclic) bond motifs is 1. The third-order valence-electron chi connectivity index (χ3n) is 6.07. The molecule has 2 aliphatic rings. The Morgan fingerprint density at radius 1 is 0.966 bits per heavy atom. The van der Waals surface area contributed by atoms with Gasteiger partial charge in [-0.3, -0.25) is 4.90 Å². The summed E-state index contributed by atoms with van der Waals surface area (Å²) in [4.78, 5) is 10.8. The van der Waals surface area contributed by atoms with E-state index in [0.717, 1.165) is 38.0 Å². The van der Waals surface area contributed by atoms with Gasteiger partial charge in [0.15, 0.2) is 0 Å². The lowest BCUT2D eigenvalue weighted by atomic mass is 9.91. The first-order valence-corrected chi connectivity index (χ1v) is 10.0. The van der Waals surface area contributed by atoms with E-state index in [1.165, 1.54) is 11.1 Å². The first kappa shape index (κ1) is 17.9. The Bertz CT molecular complexity index is 971. The van der Waals surface area contributed by atoms with Crippen LogP contribution in [0.3, 0.4) is 0 Å². The number of nitrogens with zero attached hydrogens (tertiary/aromatic N) is 3. The molecule has 0 radical (unpaired) electrons. The molecule has 1 fully saturated rings. The topological polar surface area (TPSA) is 90.3 Å². The van der Waals surface area contributed by atoms with Crippen LogP contribution in [0.4, 0.5) is 11.8 Å². The summed E-state index contributed by atoms with van der Waals surface area (Å²) in [5.74, 6) is 1.48. The fourth-order valence-electron chi connectivity index (χ4n) is 4.65.